The van der Waals surface area contributed by atoms with E-state index in [4.69, 9.17) is 16.3 Å². The number of carbonyl (C=O) groups excluding carboxylic acids is 1. The molecule has 0 bridgehead atoms. The molecule has 190 valence electrons. The van der Waals surface area contributed by atoms with Gasteiger partial charge in [0.2, 0.25) is 11.8 Å². The van der Waals surface area contributed by atoms with Crippen LogP contribution in [-0.2, 0) is 17.6 Å². The zero-order chi connectivity index (χ0) is 25.1. The molecule has 1 amide bonds. The molecule has 8 nitrogen and oxygen atoms in total. The molecule has 9 heteroatoms. The van der Waals surface area contributed by atoms with E-state index >= 15 is 0 Å². The van der Waals surface area contributed by atoms with Crippen LogP contribution in [0.2, 0.25) is 5.02 Å². The van der Waals surface area contributed by atoms with Gasteiger partial charge in [0.1, 0.15) is 17.8 Å². The predicted molar refractivity (Wildman–Crippen MR) is 139 cm³/mol. The molecule has 1 aliphatic heterocycles. The van der Waals surface area contributed by atoms with Crippen LogP contribution < -0.4 is 10.1 Å². The average Bonchev–Trinajstić information content (AvgIpc) is 3.20. The zero-order valence-electron chi connectivity index (χ0n) is 20.9. The Balaban J connectivity index is 1.34. The third-order valence-corrected chi connectivity index (χ3v) is 7.28. The first kappa shape index (κ1) is 24.7. The molecular formula is C27H33ClN6O2. The molecule has 0 radical (unpaired) electrons. The number of nitrogens with zero attached hydrogens (tertiary/aromatic N) is 5. The molecule has 2 aromatic heterocycles. The standard InChI is InChI=1S/C27H33ClN6O2/c1-33(2)14-12-25(35)30-21-16-19-15-20(28)8-11-23(19)34-24(17-21)31-32-27(34)18-6-9-22(10-7-18)36-26-5-3-4-13-29-26/h3-5,8,11,13,15,18,21-22H,6-7,9-10,12,14,16-17H2,1-2H3,(H,30,35)/t18-,21-,22-/m1/s1. The second kappa shape index (κ2) is 11.0. The number of fused-ring (bicyclic) bond motifs is 3. The molecule has 1 fully saturated rings. The highest BCUT2D eigenvalue weighted by molar-refractivity contribution is 6.30. The van der Waals surface area contributed by atoms with Gasteiger partial charge < -0.3 is 15.0 Å². The fraction of sp³-hybridized carbons (Fsp3) is 0.481. The maximum absolute atomic E-state index is 12.6. The quantitative estimate of drug-likeness (QED) is 0.520. The van der Waals surface area contributed by atoms with Crippen LogP contribution in [0.5, 0.6) is 5.88 Å². The minimum Gasteiger partial charge on any atom is -0.474 e. The van der Waals surface area contributed by atoms with Crippen molar-refractivity contribution in [3.8, 4) is 11.6 Å². The number of ether oxygens (including phenoxy) is 1. The van der Waals surface area contributed by atoms with Gasteiger partial charge in [0, 0.05) is 48.6 Å². The molecule has 5 rings (SSSR count). The van der Waals surface area contributed by atoms with E-state index in [0.29, 0.717) is 42.6 Å². The topological polar surface area (TPSA) is 85.2 Å². The first-order chi connectivity index (χ1) is 17.5. The summed E-state index contributed by atoms with van der Waals surface area (Å²) >= 11 is 6.39. The van der Waals surface area contributed by atoms with E-state index in [0.717, 1.165) is 48.6 Å². The molecule has 1 aliphatic carbocycles. The van der Waals surface area contributed by atoms with Gasteiger partial charge in [-0.25, -0.2) is 4.98 Å². The van der Waals surface area contributed by atoms with Crippen LogP contribution in [-0.4, -0.2) is 63.3 Å². The van der Waals surface area contributed by atoms with Gasteiger partial charge in [0.25, 0.3) is 0 Å². The normalized spacial score (nSPS) is 21.4. The monoisotopic (exact) mass is 508 g/mol. The average molecular weight is 509 g/mol. The van der Waals surface area contributed by atoms with Crippen molar-refractivity contribution in [2.45, 2.75) is 63.0 Å². The Kier molecular flexibility index (Phi) is 7.53. The summed E-state index contributed by atoms with van der Waals surface area (Å²) in [6, 6.07) is 11.7. The van der Waals surface area contributed by atoms with Crippen molar-refractivity contribution in [1.29, 1.82) is 0 Å². The molecule has 2 aliphatic rings. The Hall–Kier alpha value is -2.97. The molecule has 1 aromatic carbocycles. The first-order valence-corrected chi connectivity index (χ1v) is 13.1. The van der Waals surface area contributed by atoms with Gasteiger partial charge in [-0.2, -0.15) is 0 Å². The summed E-state index contributed by atoms with van der Waals surface area (Å²) in [4.78, 5) is 18.9. The van der Waals surface area contributed by atoms with E-state index in [1.807, 2.05) is 49.3 Å². The van der Waals surface area contributed by atoms with Crippen LogP contribution in [0.1, 0.15) is 55.2 Å². The maximum atomic E-state index is 12.6. The number of carbonyl (C=O) groups is 1. The minimum atomic E-state index is -0.0577. The lowest BCUT2D eigenvalue weighted by molar-refractivity contribution is -0.122. The van der Waals surface area contributed by atoms with E-state index < -0.39 is 0 Å². The number of rotatable bonds is 7. The van der Waals surface area contributed by atoms with Gasteiger partial charge in [0.05, 0.1) is 5.69 Å². The van der Waals surface area contributed by atoms with E-state index in [9.17, 15) is 4.79 Å². The number of hydrogen-bond donors (Lipinski definition) is 1. The van der Waals surface area contributed by atoms with Gasteiger partial charge in [0.15, 0.2) is 0 Å². The summed E-state index contributed by atoms with van der Waals surface area (Å²) in [7, 11) is 3.94. The molecule has 1 atom stereocenters. The second-order valence-electron chi connectivity index (χ2n) is 10.1. The van der Waals surface area contributed by atoms with Gasteiger partial charge in [-0.15, -0.1) is 10.2 Å². The van der Waals surface area contributed by atoms with Crippen molar-refractivity contribution in [3.63, 3.8) is 0 Å². The van der Waals surface area contributed by atoms with E-state index in [1.54, 1.807) is 6.20 Å². The molecular weight excluding hydrogens is 476 g/mol. The van der Waals surface area contributed by atoms with Gasteiger partial charge >= 0.3 is 0 Å². The number of halogens is 1. The van der Waals surface area contributed by atoms with Crippen LogP contribution >= 0.6 is 11.6 Å². The highest BCUT2D eigenvalue weighted by Crippen LogP contribution is 2.37. The number of aromatic nitrogens is 4. The zero-order valence-corrected chi connectivity index (χ0v) is 21.6. The first-order valence-electron chi connectivity index (χ1n) is 12.7. The molecule has 36 heavy (non-hydrogen) atoms. The molecule has 0 unspecified atom stereocenters. The Morgan fingerprint density at radius 1 is 1.14 bits per heavy atom. The molecule has 3 aromatic rings. The maximum Gasteiger partial charge on any atom is 0.221 e. The lowest BCUT2D eigenvalue weighted by Crippen LogP contribution is -2.39. The highest BCUT2D eigenvalue weighted by atomic mass is 35.5. The number of nitrogens with one attached hydrogen (secondary N) is 1. The molecule has 1 saturated carbocycles. The summed E-state index contributed by atoms with van der Waals surface area (Å²) in [6.45, 7) is 0.716. The summed E-state index contributed by atoms with van der Waals surface area (Å²) in [5.74, 6) is 2.91. The second-order valence-corrected chi connectivity index (χ2v) is 10.5. The Labute approximate surface area is 217 Å². The van der Waals surface area contributed by atoms with Gasteiger partial charge in [-0.3, -0.25) is 9.36 Å². The number of amides is 1. The summed E-state index contributed by atoms with van der Waals surface area (Å²) in [5, 5.41) is 13.2. The number of hydrogen-bond acceptors (Lipinski definition) is 6. The van der Waals surface area contributed by atoms with Gasteiger partial charge in [-0.05, 0) is 76.0 Å². The third-order valence-electron chi connectivity index (χ3n) is 7.05. The fourth-order valence-corrected chi connectivity index (χ4v) is 5.43. The van der Waals surface area contributed by atoms with Crippen molar-refractivity contribution in [3.05, 3.63) is 64.8 Å². The van der Waals surface area contributed by atoms with Crippen LogP contribution in [0.3, 0.4) is 0 Å². The van der Waals surface area contributed by atoms with Crippen molar-refractivity contribution in [2.24, 2.45) is 0 Å². The van der Waals surface area contributed by atoms with Crippen molar-refractivity contribution >= 4 is 17.5 Å². The van der Waals surface area contributed by atoms with Crippen LogP contribution in [0, 0.1) is 0 Å². The Morgan fingerprint density at radius 2 is 1.97 bits per heavy atom. The van der Waals surface area contributed by atoms with Crippen LogP contribution in [0.25, 0.3) is 5.69 Å². The largest absolute Gasteiger partial charge is 0.474 e. The lowest BCUT2D eigenvalue weighted by Gasteiger charge is -2.28. The van der Waals surface area contributed by atoms with E-state index in [1.165, 1.54) is 0 Å². The minimum absolute atomic E-state index is 0.0525. The summed E-state index contributed by atoms with van der Waals surface area (Å²) in [5.41, 5.74) is 2.17. The van der Waals surface area contributed by atoms with Crippen LogP contribution in [0.15, 0.2) is 42.6 Å². The van der Waals surface area contributed by atoms with Crippen molar-refractivity contribution < 1.29 is 9.53 Å². The number of benzene rings is 1. The lowest BCUT2D eigenvalue weighted by atomic mass is 9.86. The van der Waals surface area contributed by atoms with Crippen LogP contribution in [0.4, 0.5) is 0 Å². The smallest absolute Gasteiger partial charge is 0.221 e. The van der Waals surface area contributed by atoms with Gasteiger partial charge in [-0.1, -0.05) is 17.7 Å². The van der Waals surface area contributed by atoms with Crippen molar-refractivity contribution in [2.75, 3.05) is 20.6 Å². The molecule has 3 heterocycles. The predicted octanol–water partition coefficient (Wildman–Crippen LogP) is 3.96. The SMILES string of the molecule is CN(C)CCC(=O)N[C@@H]1Cc2cc(Cl)ccc2-n2c(nnc2[C@H]2CC[C@H](Oc3ccccn3)CC2)C1. The highest BCUT2D eigenvalue weighted by Gasteiger charge is 2.32. The number of pyridine rings is 1. The fourth-order valence-electron chi connectivity index (χ4n) is 5.24. The van der Waals surface area contributed by atoms with Crippen molar-refractivity contribution in [1.82, 2.24) is 30.0 Å². The van der Waals surface area contributed by atoms with E-state index in [2.05, 4.69) is 31.1 Å². The van der Waals surface area contributed by atoms with E-state index in [-0.39, 0.29) is 18.1 Å². The Morgan fingerprint density at radius 3 is 2.72 bits per heavy atom. The Bertz CT molecular complexity index is 1190. The molecule has 1 N–H and O–H groups in total. The third kappa shape index (κ3) is 5.71. The summed E-state index contributed by atoms with van der Waals surface area (Å²) < 4.78 is 8.31. The molecule has 0 saturated heterocycles. The summed E-state index contributed by atoms with van der Waals surface area (Å²) in [6.07, 6.45) is 7.56. The molecule has 0 spiro atoms.